The third-order valence-electron chi connectivity index (χ3n) is 4.58. The summed E-state index contributed by atoms with van der Waals surface area (Å²) in [5, 5.41) is 5.38. The van der Waals surface area contributed by atoms with Crippen molar-refractivity contribution in [2.75, 3.05) is 13.7 Å². The molecule has 0 aliphatic carbocycles. The van der Waals surface area contributed by atoms with E-state index in [4.69, 9.17) is 14.2 Å². The summed E-state index contributed by atoms with van der Waals surface area (Å²) in [4.78, 5) is 24.3. The second-order valence-electron chi connectivity index (χ2n) is 6.62. The van der Waals surface area contributed by atoms with E-state index < -0.39 is 18.0 Å². The van der Waals surface area contributed by atoms with Crippen molar-refractivity contribution in [3.8, 4) is 11.5 Å². The van der Waals surface area contributed by atoms with E-state index in [1.807, 2.05) is 31.2 Å². The number of ether oxygens (including phenoxy) is 3. The molecular formula is C22H23BrN2O5. The average Bonchev–Trinajstić information content (AvgIpc) is 2.73. The summed E-state index contributed by atoms with van der Waals surface area (Å²) in [5.74, 6) is 0.587. The van der Waals surface area contributed by atoms with Crippen LogP contribution >= 0.6 is 15.9 Å². The molecule has 1 unspecified atom stereocenters. The molecule has 2 aromatic carbocycles. The van der Waals surface area contributed by atoms with E-state index in [0.717, 1.165) is 10.0 Å². The van der Waals surface area contributed by atoms with Crippen LogP contribution in [0.15, 0.2) is 58.2 Å². The third-order valence-corrected chi connectivity index (χ3v) is 5.11. The number of urea groups is 1. The fraction of sp³-hybridized carbons (Fsp3) is 0.273. The predicted molar refractivity (Wildman–Crippen MR) is 115 cm³/mol. The highest BCUT2D eigenvalue weighted by atomic mass is 79.9. The minimum absolute atomic E-state index is 0.336. The standard InChI is InChI=1S/C22H23BrN2O5/c1-4-29-18-11-15(20-19(21(26)28-3)13(2)24-22(27)25-20)7-10-17(18)30-12-14-5-8-16(23)9-6-14/h5-11,20H,4,12H2,1-3H3,(H2,24,25,27). The summed E-state index contributed by atoms with van der Waals surface area (Å²) in [6, 6.07) is 12.1. The van der Waals surface area contributed by atoms with Gasteiger partial charge in [-0.15, -0.1) is 0 Å². The Bertz CT molecular complexity index is 972. The molecule has 0 aromatic heterocycles. The van der Waals surface area contributed by atoms with Crippen LogP contribution in [-0.4, -0.2) is 25.7 Å². The van der Waals surface area contributed by atoms with Crippen LogP contribution in [0, 0.1) is 0 Å². The number of hydrogen-bond acceptors (Lipinski definition) is 5. The van der Waals surface area contributed by atoms with Gasteiger partial charge in [0, 0.05) is 10.2 Å². The Morgan fingerprint density at radius 1 is 1.10 bits per heavy atom. The molecule has 1 atom stereocenters. The van der Waals surface area contributed by atoms with E-state index in [2.05, 4.69) is 26.6 Å². The molecule has 0 saturated carbocycles. The zero-order chi connectivity index (χ0) is 21.7. The van der Waals surface area contributed by atoms with Gasteiger partial charge in [0.1, 0.15) is 6.61 Å². The largest absolute Gasteiger partial charge is 0.490 e. The second-order valence-corrected chi connectivity index (χ2v) is 7.53. The van der Waals surface area contributed by atoms with Crippen LogP contribution in [0.4, 0.5) is 4.79 Å². The Balaban J connectivity index is 1.89. The molecule has 3 rings (SSSR count). The Morgan fingerprint density at radius 3 is 2.50 bits per heavy atom. The average molecular weight is 475 g/mol. The van der Waals surface area contributed by atoms with Gasteiger partial charge in [0.25, 0.3) is 0 Å². The smallest absolute Gasteiger partial charge is 0.337 e. The molecular weight excluding hydrogens is 452 g/mol. The first-order valence-electron chi connectivity index (χ1n) is 9.43. The van der Waals surface area contributed by atoms with Gasteiger partial charge in [0.15, 0.2) is 11.5 Å². The van der Waals surface area contributed by atoms with Crippen molar-refractivity contribution >= 4 is 27.9 Å². The van der Waals surface area contributed by atoms with Crippen molar-refractivity contribution in [1.82, 2.24) is 10.6 Å². The first kappa shape index (κ1) is 21.7. The fourth-order valence-electron chi connectivity index (χ4n) is 3.16. The van der Waals surface area contributed by atoms with E-state index in [-0.39, 0.29) is 0 Å². The number of allylic oxidation sites excluding steroid dienone is 1. The molecule has 2 amide bonds. The number of rotatable bonds is 7. The van der Waals surface area contributed by atoms with Crippen LogP contribution in [0.5, 0.6) is 11.5 Å². The molecule has 2 N–H and O–H groups in total. The van der Waals surface area contributed by atoms with Crippen LogP contribution in [0.25, 0.3) is 0 Å². The summed E-state index contributed by atoms with van der Waals surface area (Å²) >= 11 is 3.42. The number of benzene rings is 2. The molecule has 0 saturated heterocycles. The van der Waals surface area contributed by atoms with E-state index in [0.29, 0.717) is 41.5 Å². The van der Waals surface area contributed by atoms with Gasteiger partial charge in [-0.2, -0.15) is 0 Å². The van der Waals surface area contributed by atoms with Crippen molar-refractivity contribution in [3.05, 3.63) is 69.3 Å². The zero-order valence-electron chi connectivity index (χ0n) is 17.0. The number of esters is 1. The minimum Gasteiger partial charge on any atom is -0.490 e. The lowest BCUT2D eigenvalue weighted by atomic mass is 9.95. The SMILES string of the molecule is CCOc1cc(C2NC(=O)NC(C)=C2C(=O)OC)ccc1OCc1ccc(Br)cc1. The van der Waals surface area contributed by atoms with Gasteiger partial charge >= 0.3 is 12.0 Å². The maximum Gasteiger partial charge on any atom is 0.337 e. The van der Waals surface area contributed by atoms with Crippen molar-refractivity contribution in [1.29, 1.82) is 0 Å². The Labute approximate surface area is 183 Å². The molecule has 1 aliphatic heterocycles. The number of methoxy groups -OCH3 is 1. The van der Waals surface area contributed by atoms with Gasteiger partial charge in [-0.05, 0) is 49.2 Å². The van der Waals surface area contributed by atoms with Gasteiger partial charge in [0.05, 0.1) is 25.3 Å². The molecule has 8 heteroatoms. The molecule has 0 fully saturated rings. The summed E-state index contributed by atoms with van der Waals surface area (Å²) in [6.45, 7) is 4.36. The highest BCUT2D eigenvalue weighted by Crippen LogP contribution is 2.35. The molecule has 7 nitrogen and oxygen atoms in total. The van der Waals surface area contributed by atoms with Crippen LogP contribution in [0.1, 0.15) is 31.0 Å². The number of hydrogen-bond donors (Lipinski definition) is 2. The van der Waals surface area contributed by atoms with Crippen molar-refractivity contribution in [2.45, 2.75) is 26.5 Å². The van der Waals surface area contributed by atoms with E-state index >= 15 is 0 Å². The lowest BCUT2D eigenvalue weighted by molar-refractivity contribution is -0.136. The lowest BCUT2D eigenvalue weighted by Crippen LogP contribution is -2.45. The van der Waals surface area contributed by atoms with Gasteiger partial charge < -0.3 is 24.8 Å². The molecule has 1 heterocycles. The molecule has 0 radical (unpaired) electrons. The number of nitrogens with one attached hydrogen (secondary N) is 2. The predicted octanol–water partition coefficient (Wildman–Crippen LogP) is 4.23. The summed E-state index contributed by atoms with van der Waals surface area (Å²) in [5.41, 5.74) is 2.48. The number of carbonyl (C=O) groups is 2. The monoisotopic (exact) mass is 474 g/mol. The number of carbonyl (C=O) groups excluding carboxylic acids is 2. The highest BCUT2D eigenvalue weighted by molar-refractivity contribution is 9.10. The first-order valence-corrected chi connectivity index (χ1v) is 10.2. The fourth-order valence-corrected chi connectivity index (χ4v) is 3.42. The van der Waals surface area contributed by atoms with Crippen molar-refractivity contribution < 1.29 is 23.8 Å². The lowest BCUT2D eigenvalue weighted by Gasteiger charge is -2.28. The maximum absolute atomic E-state index is 12.3. The molecule has 1 aliphatic rings. The summed E-state index contributed by atoms with van der Waals surface area (Å²) in [7, 11) is 1.31. The van der Waals surface area contributed by atoms with Crippen LogP contribution in [0.3, 0.4) is 0 Å². The van der Waals surface area contributed by atoms with Crippen molar-refractivity contribution in [2.24, 2.45) is 0 Å². The maximum atomic E-state index is 12.3. The van der Waals surface area contributed by atoms with Crippen LogP contribution in [-0.2, 0) is 16.1 Å². The second kappa shape index (κ2) is 9.67. The normalized spacial score (nSPS) is 15.9. The summed E-state index contributed by atoms with van der Waals surface area (Å²) < 4.78 is 17.6. The van der Waals surface area contributed by atoms with Gasteiger partial charge in [-0.25, -0.2) is 9.59 Å². The Kier molecular flexibility index (Phi) is 6.99. The molecule has 2 aromatic rings. The topological polar surface area (TPSA) is 85.9 Å². The van der Waals surface area contributed by atoms with Crippen LogP contribution in [0.2, 0.25) is 0 Å². The Morgan fingerprint density at radius 2 is 1.83 bits per heavy atom. The van der Waals surface area contributed by atoms with E-state index in [9.17, 15) is 9.59 Å². The van der Waals surface area contributed by atoms with E-state index in [1.165, 1.54) is 7.11 Å². The Hall–Kier alpha value is -3.00. The van der Waals surface area contributed by atoms with E-state index in [1.54, 1.807) is 25.1 Å². The first-order chi connectivity index (χ1) is 14.4. The molecule has 30 heavy (non-hydrogen) atoms. The quantitative estimate of drug-likeness (QED) is 0.586. The highest BCUT2D eigenvalue weighted by Gasteiger charge is 2.32. The third kappa shape index (κ3) is 4.94. The number of halogens is 1. The van der Waals surface area contributed by atoms with Crippen molar-refractivity contribution in [3.63, 3.8) is 0 Å². The number of amides is 2. The molecule has 158 valence electrons. The van der Waals surface area contributed by atoms with Crippen LogP contribution < -0.4 is 20.1 Å². The van der Waals surface area contributed by atoms with Gasteiger partial charge in [-0.3, -0.25) is 0 Å². The van der Waals surface area contributed by atoms with Gasteiger partial charge in [0.2, 0.25) is 0 Å². The summed E-state index contributed by atoms with van der Waals surface area (Å²) in [6.07, 6.45) is 0. The zero-order valence-corrected chi connectivity index (χ0v) is 18.5. The van der Waals surface area contributed by atoms with Gasteiger partial charge in [-0.1, -0.05) is 34.1 Å². The molecule has 0 bridgehead atoms. The molecule has 0 spiro atoms. The minimum atomic E-state index is -0.661.